The van der Waals surface area contributed by atoms with Gasteiger partial charge in [0.1, 0.15) is 23.7 Å². The van der Waals surface area contributed by atoms with Gasteiger partial charge in [0, 0.05) is 59.9 Å². The number of Topliss-reactive ketones (excluding diaryl/α,β-unsaturated/α-hetero) is 3. The lowest BCUT2D eigenvalue weighted by molar-refractivity contribution is -0.153. The first-order chi connectivity index (χ1) is 39.7. The maximum atomic E-state index is 11.6. The van der Waals surface area contributed by atoms with Gasteiger partial charge in [0.25, 0.3) is 0 Å². The Morgan fingerprint density at radius 3 is 0.812 bits per heavy atom. The summed E-state index contributed by atoms with van der Waals surface area (Å²) in [6.07, 6.45) is 31.0. The Labute approximate surface area is 513 Å². The second kappa shape index (κ2) is 31.6. The Balaban J connectivity index is 0.000000177. The summed E-state index contributed by atoms with van der Waals surface area (Å²) in [4.78, 5) is 82.5. The van der Waals surface area contributed by atoms with E-state index in [2.05, 4.69) is 4.98 Å². The topological polar surface area (TPSA) is 205 Å². The van der Waals surface area contributed by atoms with E-state index in [4.69, 9.17) is 19.3 Å². The molecule has 0 atom stereocenters. The highest BCUT2D eigenvalue weighted by Gasteiger charge is 2.50. The van der Waals surface area contributed by atoms with Crippen molar-refractivity contribution in [3.8, 4) is 0 Å². The molecule has 14 heteroatoms. The number of imidazole rings is 1. The molecule has 2 N–H and O–H groups in total. The van der Waals surface area contributed by atoms with Gasteiger partial charge in [-0.15, -0.1) is 0 Å². The number of esters is 3. The van der Waals surface area contributed by atoms with Crippen molar-refractivity contribution in [3.05, 3.63) is 18.7 Å². The molecular formula is C71H118N2O12. The molecule has 14 nitrogen and oxygen atoms in total. The fourth-order valence-corrected chi connectivity index (χ4v) is 16.7. The molecule has 85 heavy (non-hydrogen) atoms. The normalized spacial score (nSPS) is 33.9. The first-order valence-electron chi connectivity index (χ1n) is 33.6. The van der Waals surface area contributed by atoms with Crippen LogP contribution in [-0.2, 0) is 43.0 Å². The van der Waals surface area contributed by atoms with Gasteiger partial charge < -0.3 is 24.4 Å². The number of hydrogen-bond acceptors (Lipinski definition) is 13. The van der Waals surface area contributed by atoms with Crippen LogP contribution in [0.15, 0.2) is 18.7 Å². The van der Waals surface area contributed by atoms with Crippen molar-refractivity contribution in [1.82, 2.24) is 9.55 Å². The third kappa shape index (κ3) is 21.2. The summed E-state index contributed by atoms with van der Waals surface area (Å²) in [7, 11) is 0. The zero-order chi connectivity index (χ0) is 63.4. The second-order valence-electron chi connectivity index (χ2n) is 31.8. The summed E-state index contributed by atoms with van der Waals surface area (Å²) in [5.41, 5.74) is -1.39. The van der Waals surface area contributed by atoms with Crippen LogP contribution in [0.1, 0.15) is 244 Å². The molecule has 0 spiro atoms. The average molecular weight is 1190 g/mol. The quantitative estimate of drug-likeness (QED) is 0.214. The lowest BCUT2D eigenvalue weighted by Crippen LogP contribution is -2.48. The summed E-state index contributed by atoms with van der Waals surface area (Å²) in [6.45, 7) is 31.0. The van der Waals surface area contributed by atoms with E-state index in [-0.39, 0.29) is 58.2 Å². The Kier molecular flexibility index (Phi) is 26.8. The lowest BCUT2D eigenvalue weighted by Gasteiger charge is -2.52. The van der Waals surface area contributed by atoms with Gasteiger partial charge in [-0.1, -0.05) is 20.8 Å². The van der Waals surface area contributed by atoms with Crippen molar-refractivity contribution < 1.29 is 58.0 Å². The summed E-state index contributed by atoms with van der Waals surface area (Å²) in [5.74, 6) is 13.6. The molecule has 0 saturated heterocycles. The van der Waals surface area contributed by atoms with E-state index in [1.165, 1.54) is 139 Å². The molecule has 16 aliphatic carbocycles. The molecule has 1 heterocycles. The maximum Gasteiger partial charge on any atom is 0.311 e. The number of rotatable bonds is 3. The molecule has 1 aromatic rings. The number of aliphatic hydroxyl groups is 2. The predicted octanol–water partition coefficient (Wildman–Crippen LogP) is 14.2. The molecule has 484 valence electrons. The number of carbonyl (C=O) groups is 7. The Hall–Kier alpha value is -3.78. The smallest absolute Gasteiger partial charge is 0.311 e. The minimum Gasteiger partial charge on any atom is -0.466 e. The van der Waals surface area contributed by atoms with Crippen LogP contribution in [-0.4, -0.2) is 93.5 Å². The Morgan fingerprint density at radius 2 is 0.647 bits per heavy atom. The first-order valence-corrected chi connectivity index (χ1v) is 33.6. The maximum absolute atomic E-state index is 11.6. The van der Waals surface area contributed by atoms with Gasteiger partial charge in [0.15, 0.2) is 0 Å². The monoisotopic (exact) mass is 1190 g/mol. The van der Waals surface area contributed by atoms with E-state index in [0.717, 1.165) is 47.3 Å². The van der Waals surface area contributed by atoms with Gasteiger partial charge in [-0.3, -0.25) is 38.1 Å². The second-order valence-corrected chi connectivity index (χ2v) is 31.8. The molecule has 0 radical (unpaired) electrons. The minimum absolute atomic E-state index is 0.0648. The summed E-state index contributed by atoms with van der Waals surface area (Å²) < 4.78 is 15.8. The fraction of sp³-hybridized carbons (Fsp3) is 0.859. The van der Waals surface area contributed by atoms with Crippen LogP contribution in [0.3, 0.4) is 0 Å². The molecule has 0 aromatic carbocycles. The molecule has 16 fully saturated rings. The van der Waals surface area contributed by atoms with Crippen LogP contribution in [0.4, 0.5) is 0 Å². The highest BCUT2D eigenvalue weighted by Crippen LogP contribution is 2.55. The van der Waals surface area contributed by atoms with Crippen LogP contribution in [0.2, 0.25) is 0 Å². The Bertz CT molecular complexity index is 2010. The summed E-state index contributed by atoms with van der Waals surface area (Å²) >= 11 is 0. The standard InChI is InChI=1S/C10H16O.3C10H14O.C8H12N2O.3C7H14O2.C2H6O/c4*11-10-8-2-6-1-7(4-8)5-9(10)3-6;1-8(2,3)7(11)10-5-4-9-6-10;3*1-5-9-6(8)7(2,3)4;1-2-3/h6-11H,1-5H2;3*6-9H,1-5H2;4-6H,1-3H3;3*5H2,1-4H3;3H,2H2,1H3. The molecular weight excluding hydrogens is 1070 g/mol. The molecule has 0 unspecified atom stereocenters. The molecule has 16 bridgehead atoms. The van der Waals surface area contributed by atoms with Crippen LogP contribution in [0.5, 0.6) is 0 Å². The number of carbonyl (C=O) groups excluding carboxylic acids is 7. The first kappa shape index (κ1) is 72.0. The number of nitrogens with zero attached hydrogens (tertiary/aromatic N) is 2. The van der Waals surface area contributed by atoms with E-state index >= 15 is 0 Å². The van der Waals surface area contributed by atoms with Crippen molar-refractivity contribution in [3.63, 3.8) is 0 Å². The fourth-order valence-electron chi connectivity index (χ4n) is 16.7. The van der Waals surface area contributed by atoms with Crippen LogP contribution in [0.25, 0.3) is 0 Å². The van der Waals surface area contributed by atoms with Gasteiger partial charge >= 0.3 is 17.9 Å². The molecule has 0 amide bonds. The van der Waals surface area contributed by atoms with Crippen molar-refractivity contribution in [2.24, 2.45) is 116 Å². The van der Waals surface area contributed by atoms with Gasteiger partial charge in [-0.25, -0.2) is 4.98 Å². The third-order valence-electron chi connectivity index (χ3n) is 20.0. The van der Waals surface area contributed by atoms with Crippen molar-refractivity contribution in [2.75, 3.05) is 26.4 Å². The molecule has 16 saturated carbocycles. The predicted molar refractivity (Wildman–Crippen MR) is 333 cm³/mol. The highest BCUT2D eigenvalue weighted by atomic mass is 16.5. The summed E-state index contributed by atoms with van der Waals surface area (Å²) in [5, 5.41) is 17.4. The lowest BCUT2D eigenvalue weighted by atomic mass is 9.55. The van der Waals surface area contributed by atoms with Crippen molar-refractivity contribution in [2.45, 2.75) is 245 Å². The average Bonchev–Trinajstić information content (AvgIpc) is 1.57. The van der Waals surface area contributed by atoms with Gasteiger partial charge in [-0.2, -0.15) is 0 Å². The van der Waals surface area contributed by atoms with E-state index in [9.17, 15) is 38.7 Å². The van der Waals surface area contributed by atoms with E-state index in [0.29, 0.717) is 84.5 Å². The minimum atomic E-state index is -0.351. The zero-order valence-electron chi connectivity index (χ0n) is 55.9. The van der Waals surface area contributed by atoms with E-state index in [1.807, 2.05) is 104 Å². The van der Waals surface area contributed by atoms with Crippen LogP contribution < -0.4 is 0 Å². The SMILES string of the molecule is CC(C)(C)C(=O)n1ccnc1.CCO.CCOC(=O)C(C)(C)C.CCOC(=O)C(C)(C)C.CCOC(=O)C(C)(C)C.O=C1C2CC3CC(C2)CC1C3.O=C1C2CC3CC(C2)CC1C3.O=C1C2CC3CC(C2)CC1C3.OC1C2CC3CC(C2)CC1C3. The molecule has 1 aromatic heterocycles. The van der Waals surface area contributed by atoms with E-state index < -0.39 is 0 Å². The Morgan fingerprint density at radius 1 is 0.424 bits per heavy atom. The number of ketones is 3. The van der Waals surface area contributed by atoms with Gasteiger partial charge in [-0.05, 0) is 278 Å². The van der Waals surface area contributed by atoms with Crippen molar-refractivity contribution in [1.29, 1.82) is 0 Å². The number of hydrogen-bond donors (Lipinski definition) is 2. The van der Waals surface area contributed by atoms with Gasteiger partial charge in [0.05, 0.1) is 42.2 Å². The molecule has 0 aliphatic heterocycles. The van der Waals surface area contributed by atoms with Crippen molar-refractivity contribution >= 4 is 41.2 Å². The number of aromatic nitrogens is 2. The third-order valence-corrected chi connectivity index (χ3v) is 20.0. The van der Waals surface area contributed by atoms with Crippen LogP contribution >= 0.6 is 0 Å². The molecule has 16 aliphatic rings. The number of ether oxygens (including phenoxy) is 3. The van der Waals surface area contributed by atoms with Gasteiger partial charge in [0.2, 0.25) is 5.91 Å². The largest absolute Gasteiger partial charge is 0.466 e. The zero-order valence-corrected chi connectivity index (χ0v) is 55.9. The van der Waals surface area contributed by atoms with E-state index in [1.54, 1.807) is 19.3 Å². The van der Waals surface area contributed by atoms with Crippen LogP contribution in [0, 0.1) is 116 Å². The summed E-state index contributed by atoms with van der Waals surface area (Å²) in [6, 6.07) is 0. The highest BCUT2D eigenvalue weighted by molar-refractivity contribution is 5.86. The number of aliphatic hydroxyl groups excluding tert-OH is 2. The molecule has 17 rings (SSSR count).